The molecule has 0 saturated carbocycles. The van der Waals surface area contributed by atoms with E-state index < -0.39 is 5.97 Å². The second-order valence-corrected chi connectivity index (χ2v) is 6.77. The number of hydrogen-bond acceptors (Lipinski definition) is 3. The minimum Gasteiger partial charge on any atom is -0.481 e. The first-order valence-corrected chi connectivity index (χ1v) is 8.75. The van der Waals surface area contributed by atoms with Gasteiger partial charge in [0, 0.05) is 24.6 Å². The van der Waals surface area contributed by atoms with E-state index in [1.165, 1.54) is 5.56 Å². The molecule has 5 nitrogen and oxygen atoms in total. The van der Waals surface area contributed by atoms with Crippen LogP contribution < -0.4 is 4.74 Å². The van der Waals surface area contributed by atoms with Crippen molar-refractivity contribution >= 4 is 11.9 Å². The van der Waals surface area contributed by atoms with E-state index in [2.05, 4.69) is 12.1 Å². The number of amides is 1. The van der Waals surface area contributed by atoms with E-state index in [4.69, 9.17) is 9.84 Å². The number of ether oxygens (including phenoxy) is 1. The number of hydrogen-bond donors (Lipinski definition) is 1. The molecule has 136 valence electrons. The van der Waals surface area contributed by atoms with Crippen molar-refractivity contribution in [2.45, 2.75) is 26.2 Å². The van der Waals surface area contributed by atoms with Gasteiger partial charge >= 0.3 is 5.97 Å². The third-order valence-corrected chi connectivity index (χ3v) is 4.79. The van der Waals surface area contributed by atoms with Crippen molar-refractivity contribution in [3.05, 3.63) is 64.7 Å². The van der Waals surface area contributed by atoms with Crippen molar-refractivity contribution in [2.75, 3.05) is 19.7 Å². The molecule has 2 aromatic rings. The average Bonchev–Trinajstić information content (AvgIpc) is 3.11. The van der Waals surface area contributed by atoms with Gasteiger partial charge in [-0.25, -0.2) is 4.79 Å². The topological polar surface area (TPSA) is 66.8 Å². The second kappa shape index (κ2) is 7.60. The van der Waals surface area contributed by atoms with Crippen molar-refractivity contribution in [1.29, 1.82) is 0 Å². The van der Waals surface area contributed by atoms with Gasteiger partial charge in [-0.1, -0.05) is 30.3 Å². The first-order chi connectivity index (χ1) is 12.5. The number of likely N-dealkylation sites (tertiary alicyclic amines) is 1. The number of nitrogens with zero attached hydrogens (tertiary/aromatic N) is 1. The fourth-order valence-corrected chi connectivity index (χ4v) is 3.56. The van der Waals surface area contributed by atoms with Crippen LogP contribution in [0.15, 0.2) is 42.5 Å². The minimum atomic E-state index is -1.02. The molecule has 1 heterocycles. The molecule has 5 heteroatoms. The number of rotatable bonds is 5. The summed E-state index contributed by atoms with van der Waals surface area (Å²) in [5.74, 6) is -0.0968. The smallest absolute Gasteiger partial charge is 0.341 e. The SMILES string of the molecule is Cc1cc(C(=O)N2CCC(c3ccccc3)C2)cc(C)c1OCC(=O)O. The van der Waals surface area contributed by atoms with Crippen LogP contribution in [0.3, 0.4) is 0 Å². The van der Waals surface area contributed by atoms with E-state index in [0.717, 1.165) is 30.6 Å². The monoisotopic (exact) mass is 353 g/mol. The van der Waals surface area contributed by atoms with E-state index in [9.17, 15) is 9.59 Å². The van der Waals surface area contributed by atoms with Crippen LogP contribution in [0.25, 0.3) is 0 Å². The lowest BCUT2D eigenvalue weighted by Crippen LogP contribution is -2.28. The molecule has 1 N–H and O–H groups in total. The van der Waals surface area contributed by atoms with Crippen molar-refractivity contribution in [3.8, 4) is 5.75 Å². The summed E-state index contributed by atoms with van der Waals surface area (Å²) in [5.41, 5.74) is 3.44. The lowest BCUT2D eigenvalue weighted by molar-refractivity contribution is -0.139. The Morgan fingerprint density at radius 1 is 1.15 bits per heavy atom. The second-order valence-electron chi connectivity index (χ2n) is 6.77. The molecule has 1 atom stereocenters. The molecule has 0 aromatic heterocycles. The number of aryl methyl sites for hydroxylation is 2. The van der Waals surface area contributed by atoms with Crippen LogP contribution in [-0.2, 0) is 4.79 Å². The van der Waals surface area contributed by atoms with Gasteiger partial charge in [-0.15, -0.1) is 0 Å². The largest absolute Gasteiger partial charge is 0.481 e. The summed E-state index contributed by atoms with van der Waals surface area (Å²) in [6.07, 6.45) is 0.966. The van der Waals surface area contributed by atoms with Crippen LogP contribution in [-0.4, -0.2) is 41.6 Å². The first-order valence-electron chi connectivity index (χ1n) is 8.75. The van der Waals surface area contributed by atoms with Gasteiger partial charge in [0.2, 0.25) is 0 Å². The Morgan fingerprint density at radius 2 is 1.81 bits per heavy atom. The number of carboxylic acids is 1. The molecule has 1 unspecified atom stereocenters. The van der Waals surface area contributed by atoms with Crippen molar-refractivity contribution in [2.24, 2.45) is 0 Å². The Balaban J connectivity index is 1.73. The zero-order valence-corrected chi connectivity index (χ0v) is 15.1. The summed E-state index contributed by atoms with van der Waals surface area (Å²) < 4.78 is 5.34. The van der Waals surface area contributed by atoms with Gasteiger partial charge in [0.15, 0.2) is 6.61 Å². The molecule has 1 fully saturated rings. The average molecular weight is 353 g/mol. The maximum atomic E-state index is 12.9. The highest BCUT2D eigenvalue weighted by Gasteiger charge is 2.28. The normalized spacial score (nSPS) is 16.5. The van der Waals surface area contributed by atoms with Crippen LogP contribution >= 0.6 is 0 Å². The van der Waals surface area contributed by atoms with Gasteiger partial charge in [-0.05, 0) is 49.1 Å². The minimum absolute atomic E-state index is 0.0133. The fourth-order valence-electron chi connectivity index (χ4n) is 3.56. The molecular weight excluding hydrogens is 330 g/mol. The highest BCUT2D eigenvalue weighted by Crippen LogP contribution is 2.30. The van der Waals surface area contributed by atoms with Crippen LogP contribution in [0.1, 0.15) is 39.4 Å². The highest BCUT2D eigenvalue weighted by atomic mass is 16.5. The predicted molar refractivity (Wildman–Crippen MR) is 98.8 cm³/mol. The lowest BCUT2D eigenvalue weighted by atomic mass is 9.99. The van der Waals surface area contributed by atoms with E-state index in [-0.39, 0.29) is 12.5 Å². The summed E-state index contributed by atoms with van der Waals surface area (Å²) >= 11 is 0. The lowest BCUT2D eigenvalue weighted by Gasteiger charge is -2.19. The Kier molecular flexibility index (Phi) is 5.26. The summed E-state index contributed by atoms with van der Waals surface area (Å²) in [4.78, 5) is 25.5. The number of carboxylic acid groups (broad SMARTS) is 1. The van der Waals surface area contributed by atoms with Gasteiger partial charge in [-0.2, -0.15) is 0 Å². The van der Waals surface area contributed by atoms with E-state index in [0.29, 0.717) is 17.2 Å². The Labute approximate surface area is 153 Å². The van der Waals surface area contributed by atoms with Gasteiger partial charge in [0.1, 0.15) is 5.75 Å². The van der Waals surface area contributed by atoms with Crippen molar-refractivity contribution < 1.29 is 19.4 Å². The van der Waals surface area contributed by atoms with Crippen LogP contribution in [0.2, 0.25) is 0 Å². The highest BCUT2D eigenvalue weighted by molar-refractivity contribution is 5.95. The van der Waals surface area contributed by atoms with Gasteiger partial charge < -0.3 is 14.7 Å². The third-order valence-electron chi connectivity index (χ3n) is 4.79. The predicted octanol–water partition coefficient (Wildman–Crippen LogP) is 3.40. The zero-order chi connectivity index (χ0) is 18.7. The van der Waals surface area contributed by atoms with Crippen LogP contribution in [0, 0.1) is 13.8 Å². The fraction of sp³-hybridized carbons (Fsp3) is 0.333. The molecule has 1 saturated heterocycles. The number of carbonyl (C=O) groups excluding carboxylic acids is 1. The molecule has 26 heavy (non-hydrogen) atoms. The molecule has 0 aliphatic carbocycles. The summed E-state index contributed by atoms with van der Waals surface area (Å²) in [7, 11) is 0. The van der Waals surface area contributed by atoms with E-state index in [1.54, 1.807) is 12.1 Å². The Bertz CT molecular complexity index is 793. The number of benzene rings is 2. The summed E-state index contributed by atoms with van der Waals surface area (Å²) in [5, 5.41) is 8.78. The molecule has 0 bridgehead atoms. The molecule has 1 amide bonds. The number of aliphatic carboxylic acids is 1. The van der Waals surface area contributed by atoms with E-state index >= 15 is 0 Å². The Morgan fingerprint density at radius 3 is 2.42 bits per heavy atom. The molecule has 0 spiro atoms. The zero-order valence-electron chi connectivity index (χ0n) is 15.1. The maximum absolute atomic E-state index is 12.9. The standard InChI is InChI=1S/C21H23NO4/c1-14-10-18(11-15(2)20(14)26-13-19(23)24)21(25)22-9-8-17(12-22)16-6-4-3-5-7-16/h3-7,10-11,17H,8-9,12-13H2,1-2H3,(H,23,24). The molecule has 0 radical (unpaired) electrons. The van der Waals surface area contributed by atoms with Crippen LogP contribution in [0.4, 0.5) is 0 Å². The van der Waals surface area contributed by atoms with Gasteiger partial charge in [-0.3, -0.25) is 4.79 Å². The molecule has 2 aromatic carbocycles. The quantitative estimate of drug-likeness (QED) is 0.895. The number of carbonyl (C=O) groups is 2. The van der Waals surface area contributed by atoms with Crippen molar-refractivity contribution in [1.82, 2.24) is 4.90 Å². The van der Waals surface area contributed by atoms with Crippen molar-refractivity contribution in [3.63, 3.8) is 0 Å². The summed E-state index contributed by atoms with van der Waals surface area (Å²) in [6, 6.07) is 13.8. The Hall–Kier alpha value is -2.82. The van der Waals surface area contributed by atoms with Crippen LogP contribution in [0.5, 0.6) is 5.75 Å². The molecule has 1 aliphatic heterocycles. The maximum Gasteiger partial charge on any atom is 0.341 e. The molecular formula is C21H23NO4. The first kappa shape index (κ1) is 18.0. The molecule has 1 aliphatic rings. The van der Waals surface area contributed by atoms with Gasteiger partial charge in [0.25, 0.3) is 5.91 Å². The summed E-state index contributed by atoms with van der Waals surface area (Å²) in [6.45, 7) is 4.74. The van der Waals surface area contributed by atoms with E-state index in [1.807, 2.05) is 36.9 Å². The molecule has 3 rings (SSSR count). The third kappa shape index (κ3) is 3.87. The van der Waals surface area contributed by atoms with Gasteiger partial charge in [0.05, 0.1) is 0 Å².